The molecule has 0 nitrogen and oxygen atoms in total. The molecular weight excluding hydrogens is 521 g/mol. The van der Waals surface area contributed by atoms with Gasteiger partial charge in [-0.25, -0.2) is 0 Å². The molecule has 0 saturated carbocycles. The maximum absolute atomic E-state index is 2.61. The minimum atomic E-state index is -1.61. The van der Waals surface area contributed by atoms with Crippen molar-refractivity contribution in [2.24, 2.45) is 0 Å². The van der Waals surface area contributed by atoms with Crippen LogP contribution >= 0.6 is 47.0 Å². The highest BCUT2D eigenvalue weighted by atomic mass is 32.2. The summed E-state index contributed by atoms with van der Waals surface area (Å²) in [7, 11) is -3.22. The van der Waals surface area contributed by atoms with E-state index in [9.17, 15) is 0 Å². The van der Waals surface area contributed by atoms with E-state index in [0.29, 0.717) is 7.40 Å². The lowest BCUT2D eigenvalue weighted by Gasteiger charge is -2.61. The summed E-state index contributed by atoms with van der Waals surface area (Å²) in [5, 5.41) is 0. The molecule has 34 heavy (non-hydrogen) atoms. The first kappa shape index (κ1) is 32.0. The third-order valence-corrected chi connectivity index (χ3v) is 36.4. The summed E-state index contributed by atoms with van der Waals surface area (Å²) in [6.45, 7) is 31.3. The van der Waals surface area contributed by atoms with Crippen LogP contribution in [0.3, 0.4) is 0 Å². The molecule has 0 bridgehead atoms. The highest BCUT2D eigenvalue weighted by molar-refractivity contribution is 8.22. The third kappa shape index (κ3) is 5.32. The number of hydrogen-bond acceptors (Lipinski definition) is 4. The van der Waals surface area contributed by atoms with E-state index in [0.717, 1.165) is 33.2 Å². The molecule has 0 aromatic rings. The Morgan fingerprint density at radius 1 is 0.441 bits per heavy atom. The van der Waals surface area contributed by atoms with Gasteiger partial charge in [-0.15, -0.1) is 47.0 Å². The quantitative estimate of drug-likeness (QED) is 0.223. The molecule has 2 aliphatic rings. The second-order valence-corrected chi connectivity index (χ2v) is 32.8. The van der Waals surface area contributed by atoms with Gasteiger partial charge in [-0.1, -0.05) is 83.1 Å². The van der Waals surface area contributed by atoms with Crippen molar-refractivity contribution in [1.29, 1.82) is 0 Å². The van der Waals surface area contributed by atoms with Gasteiger partial charge in [-0.2, -0.15) is 0 Å². The maximum Gasteiger partial charge on any atom is 0.0918 e. The first-order valence-corrected chi connectivity index (χ1v) is 22.7. The standard InChI is InChI=1S/C28H58S4Si2/c1-21(2)33(22(3)4,23(5)6)27(29-17-13-18-30-27)15-16-28(31-19-14-20-32-28)34(24(7)8,25(9)10)26(11)12/h21-26H,13-20H2,1-12H3. The van der Waals surface area contributed by atoms with Crippen LogP contribution in [0.5, 0.6) is 0 Å². The van der Waals surface area contributed by atoms with Gasteiger partial charge in [-0.05, 0) is 81.9 Å². The molecular formula is C28H58S4Si2. The largest absolute Gasteiger partial charge is 0.148 e. The van der Waals surface area contributed by atoms with Crippen molar-refractivity contribution in [3.05, 3.63) is 0 Å². The number of hydrogen-bond donors (Lipinski definition) is 0. The lowest BCUT2D eigenvalue weighted by molar-refractivity contribution is 0.668. The van der Waals surface area contributed by atoms with E-state index in [-0.39, 0.29) is 0 Å². The molecule has 0 spiro atoms. The highest BCUT2D eigenvalue weighted by Crippen LogP contribution is 2.66. The van der Waals surface area contributed by atoms with Crippen molar-refractivity contribution in [1.82, 2.24) is 0 Å². The Kier molecular flexibility index (Phi) is 12.1. The van der Waals surface area contributed by atoms with Gasteiger partial charge in [0.25, 0.3) is 0 Å². The average Bonchev–Trinajstić information content (AvgIpc) is 2.73. The molecule has 0 radical (unpaired) electrons. The summed E-state index contributed by atoms with van der Waals surface area (Å²) < 4.78 is 0.969. The van der Waals surface area contributed by atoms with E-state index >= 15 is 0 Å². The van der Waals surface area contributed by atoms with Crippen LogP contribution in [0.15, 0.2) is 0 Å². The molecule has 2 heterocycles. The van der Waals surface area contributed by atoms with E-state index in [2.05, 4.69) is 130 Å². The van der Waals surface area contributed by atoms with E-state index in [1.54, 1.807) is 0 Å². The van der Waals surface area contributed by atoms with Gasteiger partial charge in [0.05, 0.1) is 23.6 Å². The molecule has 0 aromatic carbocycles. The Hall–Kier alpha value is 1.83. The van der Waals surface area contributed by atoms with E-state index < -0.39 is 16.1 Å². The van der Waals surface area contributed by atoms with Gasteiger partial charge in [0.1, 0.15) is 0 Å². The van der Waals surface area contributed by atoms with Crippen molar-refractivity contribution >= 4 is 63.2 Å². The topological polar surface area (TPSA) is 0 Å². The van der Waals surface area contributed by atoms with Gasteiger partial charge in [0.15, 0.2) is 0 Å². The fraction of sp³-hybridized carbons (Fsp3) is 1.00. The van der Waals surface area contributed by atoms with Crippen LogP contribution in [-0.2, 0) is 0 Å². The smallest absolute Gasteiger partial charge is 0.0918 e. The maximum atomic E-state index is 2.61. The molecule has 202 valence electrons. The summed E-state index contributed by atoms with van der Waals surface area (Å²) in [5.41, 5.74) is 5.06. The summed E-state index contributed by atoms with van der Waals surface area (Å²) in [4.78, 5) is 0. The van der Waals surface area contributed by atoms with Crippen LogP contribution in [0, 0.1) is 0 Å². The summed E-state index contributed by atoms with van der Waals surface area (Å²) in [5.74, 6) is 5.56. The molecule has 0 unspecified atom stereocenters. The normalized spacial score (nSPS) is 22.1. The summed E-state index contributed by atoms with van der Waals surface area (Å²) >= 11 is 9.79. The zero-order valence-corrected chi connectivity index (χ0v) is 30.0. The first-order valence-electron chi connectivity index (χ1n) is 14.3. The zero-order valence-electron chi connectivity index (χ0n) is 24.8. The van der Waals surface area contributed by atoms with E-state index in [4.69, 9.17) is 0 Å². The molecule has 2 aliphatic heterocycles. The van der Waals surface area contributed by atoms with Crippen LogP contribution < -0.4 is 0 Å². The molecule has 0 N–H and O–H groups in total. The third-order valence-electron chi connectivity index (χ3n) is 9.75. The van der Waals surface area contributed by atoms with Crippen LogP contribution in [0.25, 0.3) is 0 Å². The SMILES string of the molecule is CC(C)[Si](C(C)C)(C(C)C)C1(CCC2([Si](C(C)C)(C(C)C)C(C)C)SCCCS2)SCCCS1. The second kappa shape index (κ2) is 12.8. The summed E-state index contributed by atoms with van der Waals surface area (Å²) in [6.07, 6.45) is 5.74. The number of rotatable bonds is 11. The Labute approximate surface area is 234 Å². The zero-order chi connectivity index (χ0) is 25.9. The monoisotopic (exact) mass is 578 g/mol. The average molecular weight is 579 g/mol. The van der Waals surface area contributed by atoms with Crippen molar-refractivity contribution < 1.29 is 0 Å². The van der Waals surface area contributed by atoms with Crippen molar-refractivity contribution in [3.63, 3.8) is 0 Å². The van der Waals surface area contributed by atoms with Crippen LogP contribution in [0.1, 0.15) is 109 Å². The van der Waals surface area contributed by atoms with E-state index in [1.807, 2.05) is 0 Å². The molecule has 2 rings (SSSR count). The molecule has 2 fully saturated rings. The van der Waals surface area contributed by atoms with Crippen molar-refractivity contribution in [2.45, 2.75) is 149 Å². The van der Waals surface area contributed by atoms with E-state index in [1.165, 1.54) is 48.7 Å². The van der Waals surface area contributed by atoms with Gasteiger partial charge in [-0.3, -0.25) is 0 Å². The van der Waals surface area contributed by atoms with Gasteiger partial charge in [0.2, 0.25) is 0 Å². The predicted molar refractivity (Wildman–Crippen MR) is 176 cm³/mol. The molecule has 0 amide bonds. The molecule has 0 aliphatic carbocycles. The highest BCUT2D eigenvalue weighted by Gasteiger charge is 2.63. The van der Waals surface area contributed by atoms with Crippen molar-refractivity contribution in [3.8, 4) is 0 Å². The van der Waals surface area contributed by atoms with Crippen LogP contribution in [0.4, 0.5) is 0 Å². The first-order chi connectivity index (χ1) is 15.8. The molecule has 2 saturated heterocycles. The molecule has 6 heteroatoms. The van der Waals surface area contributed by atoms with Crippen LogP contribution in [-0.4, -0.2) is 46.6 Å². The van der Waals surface area contributed by atoms with Gasteiger partial charge >= 0.3 is 0 Å². The fourth-order valence-corrected chi connectivity index (χ4v) is 42.9. The Balaban J connectivity index is 2.65. The van der Waals surface area contributed by atoms with Gasteiger partial charge < -0.3 is 0 Å². The lowest BCUT2D eigenvalue weighted by Crippen LogP contribution is -2.65. The number of thioether (sulfide) groups is 4. The second-order valence-electron chi connectivity index (χ2n) is 12.9. The molecule has 0 aromatic heterocycles. The van der Waals surface area contributed by atoms with Crippen molar-refractivity contribution in [2.75, 3.05) is 23.0 Å². The summed E-state index contributed by atoms with van der Waals surface area (Å²) in [6, 6.07) is 0. The predicted octanol–water partition coefficient (Wildman–Crippen LogP) is 11.3. The van der Waals surface area contributed by atoms with Gasteiger partial charge in [0, 0.05) is 0 Å². The minimum Gasteiger partial charge on any atom is -0.148 e. The minimum absolute atomic E-state index is 0.485. The fourth-order valence-electron chi connectivity index (χ4n) is 9.34. The lowest BCUT2D eigenvalue weighted by atomic mass is 10.3. The van der Waals surface area contributed by atoms with Crippen LogP contribution in [0.2, 0.25) is 33.2 Å². The molecule has 0 atom stereocenters. The Bertz CT molecular complexity index is 520. The Morgan fingerprint density at radius 2 is 0.647 bits per heavy atom. The Morgan fingerprint density at radius 3 is 0.824 bits per heavy atom.